The summed E-state index contributed by atoms with van der Waals surface area (Å²) in [5.74, 6) is 0.817. The number of rotatable bonds is 4. The normalized spacial score (nSPS) is 29.6. The Morgan fingerprint density at radius 1 is 1.53 bits per heavy atom. The predicted molar refractivity (Wildman–Crippen MR) is 62.6 cm³/mol. The molecular formula is C12H20N2O3. The number of likely N-dealkylation sites (tertiary alicyclic amines) is 1. The van der Waals surface area contributed by atoms with Crippen LogP contribution in [-0.4, -0.2) is 56.0 Å². The zero-order chi connectivity index (χ0) is 12.3. The molecule has 0 aliphatic carbocycles. The van der Waals surface area contributed by atoms with Gasteiger partial charge < -0.3 is 10.1 Å². The van der Waals surface area contributed by atoms with E-state index in [1.165, 1.54) is 0 Å². The molecule has 2 aliphatic heterocycles. The molecule has 0 radical (unpaired) electrons. The van der Waals surface area contributed by atoms with Crippen molar-refractivity contribution in [1.82, 2.24) is 10.2 Å². The van der Waals surface area contributed by atoms with Crippen molar-refractivity contribution in [2.45, 2.75) is 25.3 Å². The first-order valence-electron chi connectivity index (χ1n) is 6.21. The molecule has 0 aromatic rings. The molecule has 17 heavy (non-hydrogen) atoms. The van der Waals surface area contributed by atoms with Crippen LogP contribution in [0.2, 0.25) is 0 Å². The van der Waals surface area contributed by atoms with Gasteiger partial charge in [-0.2, -0.15) is 0 Å². The topological polar surface area (TPSA) is 58.6 Å². The van der Waals surface area contributed by atoms with Crippen molar-refractivity contribution in [1.29, 1.82) is 0 Å². The molecule has 2 unspecified atom stereocenters. The number of nitrogens with zero attached hydrogens (tertiary/aromatic N) is 1. The monoisotopic (exact) mass is 240 g/mol. The molecule has 2 saturated heterocycles. The third kappa shape index (κ3) is 3.26. The Hall–Kier alpha value is -0.940. The van der Waals surface area contributed by atoms with E-state index in [1.54, 1.807) is 7.11 Å². The van der Waals surface area contributed by atoms with Crippen molar-refractivity contribution in [3.8, 4) is 0 Å². The Kier molecular flexibility index (Phi) is 4.12. The van der Waals surface area contributed by atoms with Crippen LogP contribution in [0.1, 0.15) is 19.3 Å². The lowest BCUT2D eigenvalue weighted by molar-refractivity contribution is -0.127. The average molecular weight is 240 g/mol. The van der Waals surface area contributed by atoms with Crippen molar-refractivity contribution in [3.63, 3.8) is 0 Å². The average Bonchev–Trinajstić information content (AvgIpc) is 2.29. The summed E-state index contributed by atoms with van der Waals surface area (Å²) in [5.41, 5.74) is 0. The summed E-state index contributed by atoms with van der Waals surface area (Å²) in [6.45, 7) is 2.48. The van der Waals surface area contributed by atoms with E-state index in [0.29, 0.717) is 24.9 Å². The van der Waals surface area contributed by atoms with Crippen LogP contribution in [0.5, 0.6) is 0 Å². The maximum absolute atomic E-state index is 11.5. The van der Waals surface area contributed by atoms with Crippen molar-refractivity contribution in [2.24, 2.45) is 5.92 Å². The van der Waals surface area contributed by atoms with Crippen LogP contribution in [0.15, 0.2) is 0 Å². The van der Waals surface area contributed by atoms with Crippen LogP contribution in [0, 0.1) is 5.92 Å². The van der Waals surface area contributed by atoms with Crippen LogP contribution in [0.25, 0.3) is 0 Å². The van der Waals surface area contributed by atoms with E-state index in [1.807, 2.05) is 0 Å². The smallest absolute Gasteiger partial charge is 0.220 e. The fraction of sp³-hybridized carbons (Fsp3) is 0.833. The lowest BCUT2D eigenvalue weighted by Crippen LogP contribution is -2.54. The summed E-state index contributed by atoms with van der Waals surface area (Å²) < 4.78 is 4.83. The second kappa shape index (κ2) is 5.60. The minimum absolute atomic E-state index is 0.130. The Labute approximate surface area is 101 Å². The van der Waals surface area contributed by atoms with E-state index in [9.17, 15) is 9.59 Å². The Morgan fingerprint density at radius 3 is 3.12 bits per heavy atom. The molecule has 5 heteroatoms. The molecule has 0 aromatic carbocycles. The highest BCUT2D eigenvalue weighted by Gasteiger charge is 2.33. The number of Topliss-reactive ketones (excluding diaryl/α,β-unsaturated/α-hetero) is 1. The quantitative estimate of drug-likeness (QED) is 0.739. The minimum Gasteiger partial charge on any atom is -0.377 e. The van der Waals surface area contributed by atoms with Crippen molar-refractivity contribution in [3.05, 3.63) is 0 Å². The van der Waals surface area contributed by atoms with Crippen LogP contribution in [0.4, 0.5) is 0 Å². The number of carbonyl (C=O) groups excluding carboxylic acids is 2. The lowest BCUT2D eigenvalue weighted by Gasteiger charge is -2.41. The van der Waals surface area contributed by atoms with Gasteiger partial charge in [-0.1, -0.05) is 0 Å². The third-order valence-corrected chi connectivity index (χ3v) is 3.61. The molecule has 96 valence electrons. The second-order valence-corrected chi connectivity index (χ2v) is 4.97. The van der Waals surface area contributed by atoms with E-state index in [0.717, 1.165) is 25.9 Å². The minimum atomic E-state index is 0.130. The summed E-state index contributed by atoms with van der Waals surface area (Å²) in [5, 5.41) is 3.04. The first-order valence-corrected chi connectivity index (χ1v) is 6.21. The van der Waals surface area contributed by atoms with Crippen LogP contribution in [0.3, 0.4) is 0 Å². The van der Waals surface area contributed by atoms with E-state index in [4.69, 9.17) is 4.74 Å². The van der Waals surface area contributed by atoms with Gasteiger partial charge in [0.25, 0.3) is 0 Å². The van der Waals surface area contributed by atoms with Gasteiger partial charge in [-0.25, -0.2) is 0 Å². The molecule has 2 fully saturated rings. The largest absolute Gasteiger partial charge is 0.377 e. The van der Waals surface area contributed by atoms with Crippen molar-refractivity contribution < 1.29 is 14.3 Å². The van der Waals surface area contributed by atoms with Gasteiger partial charge in [-0.3, -0.25) is 14.5 Å². The molecule has 2 aliphatic rings. The maximum atomic E-state index is 11.5. The van der Waals surface area contributed by atoms with Gasteiger partial charge in [0, 0.05) is 32.7 Å². The van der Waals surface area contributed by atoms with Gasteiger partial charge >= 0.3 is 0 Å². The van der Waals surface area contributed by atoms with Crippen LogP contribution < -0.4 is 5.32 Å². The van der Waals surface area contributed by atoms with E-state index in [2.05, 4.69) is 10.2 Å². The Morgan fingerprint density at radius 2 is 2.35 bits per heavy atom. The predicted octanol–water partition coefficient (Wildman–Crippen LogP) is -0.198. The summed E-state index contributed by atoms with van der Waals surface area (Å²) in [6.07, 6.45) is 2.53. The summed E-state index contributed by atoms with van der Waals surface area (Å²) in [4.78, 5) is 24.9. The SMILES string of the molecule is COCC(=O)CN1CCC2NC(=O)CCC2C1. The van der Waals surface area contributed by atoms with Gasteiger partial charge in [0.2, 0.25) is 5.91 Å². The molecule has 2 rings (SSSR count). The number of carbonyl (C=O) groups is 2. The molecule has 0 bridgehead atoms. The Balaban J connectivity index is 1.81. The van der Waals surface area contributed by atoms with Crippen LogP contribution >= 0.6 is 0 Å². The van der Waals surface area contributed by atoms with E-state index in [-0.39, 0.29) is 18.3 Å². The number of amides is 1. The fourth-order valence-electron chi connectivity index (χ4n) is 2.79. The number of ketones is 1. The number of ether oxygens (including phenoxy) is 1. The number of piperidine rings is 2. The van der Waals surface area contributed by atoms with Gasteiger partial charge in [-0.05, 0) is 18.8 Å². The summed E-state index contributed by atoms with van der Waals surface area (Å²) >= 11 is 0. The summed E-state index contributed by atoms with van der Waals surface area (Å²) in [7, 11) is 1.54. The van der Waals surface area contributed by atoms with Crippen molar-refractivity contribution >= 4 is 11.7 Å². The van der Waals surface area contributed by atoms with Gasteiger partial charge in [0.1, 0.15) is 6.61 Å². The first-order chi connectivity index (χ1) is 8.19. The number of nitrogens with one attached hydrogen (secondary N) is 1. The molecule has 0 saturated carbocycles. The van der Waals surface area contributed by atoms with E-state index >= 15 is 0 Å². The molecule has 0 spiro atoms. The van der Waals surface area contributed by atoms with Gasteiger partial charge in [0.15, 0.2) is 5.78 Å². The molecule has 2 heterocycles. The third-order valence-electron chi connectivity index (χ3n) is 3.61. The molecule has 1 N–H and O–H groups in total. The molecule has 2 atom stereocenters. The second-order valence-electron chi connectivity index (χ2n) is 4.97. The van der Waals surface area contributed by atoms with Gasteiger partial charge in [-0.15, -0.1) is 0 Å². The number of hydrogen-bond donors (Lipinski definition) is 1. The number of fused-ring (bicyclic) bond motifs is 1. The first kappa shape index (κ1) is 12.5. The fourth-order valence-corrected chi connectivity index (χ4v) is 2.79. The maximum Gasteiger partial charge on any atom is 0.220 e. The van der Waals surface area contributed by atoms with Crippen molar-refractivity contribution in [2.75, 3.05) is 33.4 Å². The molecule has 5 nitrogen and oxygen atoms in total. The Bertz CT molecular complexity index is 306. The highest BCUT2D eigenvalue weighted by Crippen LogP contribution is 2.25. The zero-order valence-corrected chi connectivity index (χ0v) is 10.3. The molecular weight excluding hydrogens is 220 g/mol. The highest BCUT2D eigenvalue weighted by atomic mass is 16.5. The highest BCUT2D eigenvalue weighted by molar-refractivity contribution is 5.81. The number of hydrogen-bond acceptors (Lipinski definition) is 4. The zero-order valence-electron chi connectivity index (χ0n) is 10.3. The van der Waals surface area contributed by atoms with Crippen LogP contribution in [-0.2, 0) is 14.3 Å². The molecule has 1 amide bonds. The standard InChI is InChI=1S/C12H20N2O3/c1-17-8-10(15)7-14-5-4-11-9(6-14)2-3-12(16)13-11/h9,11H,2-8H2,1H3,(H,13,16). The number of methoxy groups -OCH3 is 1. The molecule has 0 aromatic heterocycles. The summed E-state index contributed by atoms with van der Waals surface area (Å²) in [6, 6.07) is 0.324. The van der Waals surface area contributed by atoms with Gasteiger partial charge in [0.05, 0.1) is 6.54 Å². The van der Waals surface area contributed by atoms with E-state index < -0.39 is 0 Å². The lowest BCUT2D eigenvalue weighted by atomic mass is 9.85.